The average Bonchev–Trinajstić information content (AvgIpc) is 2.72. The standard InChI is InChI=1S/C12H15F3N2/c1-2-16-8-3-4-17(7-8)12-6-10(14)9(13)5-11(12)15/h5-6,8,16H,2-4,7H2,1H3. The summed E-state index contributed by atoms with van der Waals surface area (Å²) < 4.78 is 39.4. The first-order valence-electron chi connectivity index (χ1n) is 5.74. The molecule has 1 N–H and O–H groups in total. The molecule has 1 fully saturated rings. The number of rotatable bonds is 3. The Morgan fingerprint density at radius 2 is 1.94 bits per heavy atom. The van der Waals surface area contributed by atoms with E-state index in [2.05, 4.69) is 5.32 Å². The van der Waals surface area contributed by atoms with E-state index < -0.39 is 17.5 Å². The van der Waals surface area contributed by atoms with E-state index in [4.69, 9.17) is 0 Å². The fraction of sp³-hybridized carbons (Fsp3) is 0.500. The lowest BCUT2D eigenvalue weighted by atomic mass is 10.2. The van der Waals surface area contributed by atoms with Crippen LogP contribution < -0.4 is 10.2 Å². The van der Waals surface area contributed by atoms with E-state index in [1.54, 1.807) is 4.90 Å². The molecule has 0 aliphatic carbocycles. The number of nitrogens with one attached hydrogen (secondary N) is 1. The van der Waals surface area contributed by atoms with Crippen molar-refractivity contribution in [3.05, 3.63) is 29.6 Å². The molecule has 1 heterocycles. The fourth-order valence-corrected chi connectivity index (χ4v) is 2.19. The number of benzene rings is 1. The third-order valence-electron chi connectivity index (χ3n) is 3.01. The number of nitrogens with zero attached hydrogens (tertiary/aromatic N) is 1. The molecule has 94 valence electrons. The van der Waals surface area contributed by atoms with Gasteiger partial charge in [-0.25, -0.2) is 13.2 Å². The Morgan fingerprint density at radius 1 is 1.24 bits per heavy atom. The highest BCUT2D eigenvalue weighted by atomic mass is 19.2. The summed E-state index contributed by atoms with van der Waals surface area (Å²) in [5.41, 5.74) is 0.143. The van der Waals surface area contributed by atoms with Crippen LogP contribution in [0.25, 0.3) is 0 Å². The number of halogens is 3. The predicted octanol–water partition coefficient (Wildman–Crippen LogP) is 2.29. The van der Waals surface area contributed by atoms with Crippen LogP contribution in [0.2, 0.25) is 0 Å². The molecular formula is C12H15F3N2. The van der Waals surface area contributed by atoms with Gasteiger partial charge in [0.15, 0.2) is 11.6 Å². The molecule has 0 aromatic heterocycles. The Labute approximate surface area is 98.4 Å². The Kier molecular flexibility index (Phi) is 3.57. The molecule has 1 aliphatic rings. The minimum atomic E-state index is -1.14. The first kappa shape index (κ1) is 12.2. The highest BCUT2D eigenvalue weighted by Crippen LogP contribution is 2.25. The van der Waals surface area contributed by atoms with Gasteiger partial charge in [-0.3, -0.25) is 0 Å². The van der Waals surface area contributed by atoms with Crippen LogP contribution in [0.4, 0.5) is 18.9 Å². The van der Waals surface area contributed by atoms with Gasteiger partial charge in [0.1, 0.15) is 5.82 Å². The van der Waals surface area contributed by atoms with Crippen LogP contribution in [0.1, 0.15) is 13.3 Å². The lowest BCUT2D eigenvalue weighted by molar-refractivity contribution is 0.494. The van der Waals surface area contributed by atoms with Gasteiger partial charge < -0.3 is 10.2 Å². The predicted molar refractivity (Wildman–Crippen MR) is 60.6 cm³/mol. The summed E-state index contributed by atoms with van der Waals surface area (Å²) in [5, 5.41) is 3.26. The summed E-state index contributed by atoms with van der Waals surface area (Å²) in [4.78, 5) is 1.74. The Balaban J connectivity index is 2.16. The van der Waals surface area contributed by atoms with E-state index in [1.165, 1.54) is 0 Å². The second-order valence-electron chi connectivity index (χ2n) is 4.21. The summed E-state index contributed by atoms with van der Waals surface area (Å²) in [6.07, 6.45) is 0.881. The maximum atomic E-state index is 13.5. The van der Waals surface area contributed by atoms with E-state index >= 15 is 0 Å². The minimum Gasteiger partial charge on any atom is -0.367 e. The van der Waals surface area contributed by atoms with Gasteiger partial charge >= 0.3 is 0 Å². The smallest absolute Gasteiger partial charge is 0.161 e. The van der Waals surface area contributed by atoms with Gasteiger partial charge in [-0.05, 0) is 13.0 Å². The second-order valence-corrected chi connectivity index (χ2v) is 4.21. The molecule has 1 atom stereocenters. The average molecular weight is 244 g/mol. The van der Waals surface area contributed by atoms with Gasteiger partial charge in [0, 0.05) is 31.3 Å². The van der Waals surface area contributed by atoms with Crippen molar-refractivity contribution in [2.75, 3.05) is 24.5 Å². The van der Waals surface area contributed by atoms with Crippen LogP contribution in [0.15, 0.2) is 12.1 Å². The van der Waals surface area contributed by atoms with Gasteiger partial charge in [-0.2, -0.15) is 0 Å². The lowest BCUT2D eigenvalue weighted by Crippen LogP contribution is -2.32. The molecule has 0 saturated carbocycles. The molecule has 1 aromatic carbocycles. The Hall–Kier alpha value is -1.23. The van der Waals surface area contributed by atoms with Crippen LogP contribution in [0.5, 0.6) is 0 Å². The molecule has 0 amide bonds. The van der Waals surface area contributed by atoms with Gasteiger partial charge in [0.2, 0.25) is 0 Å². The molecule has 0 bridgehead atoms. The quantitative estimate of drug-likeness (QED) is 0.821. The Morgan fingerprint density at radius 3 is 2.65 bits per heavy atom. The van der Waals surface area contributed by atoms with Gasteiger partial charge in [0.05, 0.1) is 5.69 Å². The maximum absolute atomic E-state index is 13.5. The van der Waals surface area contributed by atoms with Crippen molar-refractivity contribution in [2.24, 2.45) is 0 Å². The molecule has 0 spiro atoms. The monoisotopic (exact) mass is 244 g/mol. The van der Waals surface area contributed by atoms with Gasteiger partial charge in [-0.15, -0.1) is 0 Å². The molecule has 1 unspecified atom stereocenters. The lowest BCUT2D eigenvalue weighted by Gasteiger charge is -2.19. The molecule has 2 nitrogen and oxygen atoms in total. The zero-order chi connectivity index (χ0) is 12.4. The van der Waals surface area contributed by atoms with Crippen molar-refractivity contribution in [2.45, 2.75) is 19.4 Å². The fourth-order valence-electron chi connectivity index (χ4n) is 2.19. The van der Waals surface area contributed by atoms with Crippen molar-refractivity contribution in [1.82, 2.24) is 5.32 Å². The van der Waals surface area contributed by atoms with Crippen molar-refractivity contribution < 1.29 is 13.2 Å². The Bertz CT molecular complexity index is 409. The van der Waals surface area contributed by atoms with Crippen LogP contribution in [-0.2, 0) is 0 Å². The van der Waals surface area contributed by atoms with Gasteiger partial charge in [0.25, 0.3) is 0 Å². The topological polar surface area (TPSA) is 15.3 Å². The molecule has 1 aliphatic heterocycles. The summed E-state index contributed by atoms with van der Waals surface area (Å²) in [6, 6.07) is 1.82. The van der Waals surface area contributed by atoms with E-state index in [-0.39, 0.29) is 11.7 Å². The van der Waals surface area contributed by atoms with Crippen LogP contribution in [0, 0.1) is 17.5 Å². The summed E-state index contributed by atoms with van der Waals surface area (Å²) in [5.74, 6) is -2.86. The molecule has 1 saturated heterocycles. The first-order valence-corrected chi connectivity index (χ1v) is 5.74. The van der Waals surface area contributed by atoms with E-state index in [1.807, 2.05) is 6.92 Å². The van der Waals surface area contributed by atoms with Crippen molar-refractivity contribution in [1.29, 1.82) is 0 Å². The molecule has 17 heavy (non-hydrogen) atoms. The number of hydrogen-bond donors (Lipinski definition) is 1. The SMILES string of the molecule is CCNC1CCN(c2cc(F)c(F)cc2F)C1. The van der Waals surface area contributed by atoms with E-state index in [9.17, 15) is 13.2 Å². The minimum absolute atomic E-state index is 0.143. The van der Waals surface area contributed by atoms with Gasteiger partial charge in [-0.1, -0.05) is 6.92 Å². The van der Waals surface area contributed by atoms with Crippen molar-refractivity contribution in [3.63, 3.8) is 0 Å². The van der Waals surface area contributed by atoms with Crippen LogP contribution in [0.3, 0.4) is 0 Å². The zero-order valence-electron chi connectivity index (χ0n) is 9.64. The third-order valence-corrected chi connectivity index (χ3v) is 3.01. The molecule has 5 heteroatoms. The molecular weight excluding hydrogens is 229 g/mol. The highest BCUT2D eigenvalue weighted by Gasteiger charge is 2.24. The van der Waals surface area contributed by atoms with Crippen LogP contribution >= 0.6 is 0 Å². The number of anilines is 1. The van der Waals surface area contributed by atoms with E-state index in [0.29, 0.717) is 19.2 Å². The highest BCUT2D eigenvalue weighted by molar-refractivity contribution is 5.49. The van der Waals surface area contributed by atoms with E-state index in [0.717, 1.165) is 19.0 Å². The first-order chi connectivity index (χ1) is 8.11. The summed E-state index contributed by atoms with van der Waals surface area (Å²) in [6.45, 7) is 4.12. The largest absolute Gasteiger partial charge is 0.367 e. The van der Waals surface area contributed by atoms with Crippen molar-refractivity contribution in [3.8, 4) is 0 Å². The van der Waals surface area contributed by atoms with Crippen LogP contribution in [-0.4, -0.2) is 25.7 Å². The third kappa shape index (κ3) is 2.54. The zero-order valence-corrected chi connectivity index (χ0v) is 9.64. The summed E-state index contributed by atoms with van der Waals surface area (Å²) >= 11 is 0. The number of hydrogen-bond acceptors (Lipinski definition) is 2. The molecule has 1 aromatic rings. The molecule has 2 rings (SSSR count). The molecule has 0 radical (unpaired) electrons. The number of likely N-dealkylation sites (N-methyl/N-ethyl adjacent to an activating group) is 1. The second kappa shape index (κ2) is 4.96. The van der Waals surface area contributed by atoms with Crippen molar-refractivity contribution >= 4 is 5.69 Å². The maximum Gasteiger partial charge on any atom is 0.161 e. The summed E-state index contributed by atoms with van der Waals surface area (Å²) in [7, 11) is 0. The normalized spacial score (nSPS) is 20.0.